The number of aliphatic hydroxyl groups excluding tert-OH is 1. The van der Waals surface area contributed by atoms with E-state index in [-0.39, 0.29) is 24.6 Å². The van der Waals surface area contributed by atoms with E-state index in [1.807, 2.05) is 77.9 Å². The van der Waals surface area contributed by atoms with E-state index in [0.717, 1.165) is 34.7 Å². The number of benzene rings is 3. The molecule has 0 aliphatic carbocycles. The van der Waals surface area contributed by atoms with Gasteiger partial charge in [-0.3, -0.25) is 14.5 Å². The van der Waals surface area contributed by atoms with Crippen LogP contribution in [0.15, 0.2) is 90.3 Å². The van der Waals surface area contributed by atoms with Crippen molar-refractivity contribution in [3.05, 3.63) is 123 Å². The quantitative estimate of drug-likeness (QED) is 0.176. The lowest BCUT2D eigenvalue weighted by Gasteiger charge is -2.34. The fourth-order valence-corrected chi connectivity index (χ4v) is 7.93. The number of aromatic nitrogens is 1. The van der Waals surface area contributed by atoms with Gasteiger partial charge < -0.3 is 24.8 Å². The van der Waals surface area contributed by atoms with Crippen molar-refractivity contribution in [2.75, 3.05) is 13.1 Å². The zero-order chi connectivity index (χ0) is 36.8. The monoisotopic (exact) mass is 724 g/mol. The maximum absolute atomic E-state index is 14.0. The molecule has 0 radical (unpaired) electrons. The van der Waals surface area contributed by atoms with E-state index in [9.17, 15) is 19.5 Å². The number of hydrogen-bond donors (Lipinski definition) is 2. The summed E-state index contributed by atoms with van der Waals surface area (Å²) in [6.07, 6.45) is 0.319. The van der Waals surface area contributed by atoms with Crippen LogP contribution < -0.4 is 5.32 Å². The molecule has 2 N–H and O–H groups in total. The Balaban J connectivity index is 1.22. The van der Waals surface area contributed by atoms with Crippen LogP contribution in [0.1, 0.15) is 88.6 Å². The molecule has 3 amide bonds. The van der Waals surface area contributed by atoms with Crippen molar-refractivity contribution in [3.8, 4) is 0 Å². The Morgan fingerprint density at radius 1 is 0.962 bits per heavy atom. The standard InChI is InChI=1S/C41H48N4O6S/c1-27-26-52-38(42-27)34-19-12-20-44(34)39(48)31-18-11-17-30(22-31)37(47)43-33(21-28-13-7-5-8-14-28)36(46)35-23-32(50-25-29-15-9-6-10-16-29)24-45(35)40(49)51-41(2,3)4/h5-11,13-18,22,26,32-36,46H,12,19-21,23-25H2,1-4H3,(H,43,47)/t32-,33+,34?,35-,36+/m1/s1. The Bertz CT molecular complexity index is 1830. The maximum Gasteiger partial charge on any atom is 0.410 e. The SMILES string of the molecule is Cc1csc(C2CCCN2C(=O)c2cccc(C(=O)N[C@@H](Cc3ccccc3)[C@H](O)[C@H]3C[C@@H](OCc4ccccc4)CN3C(=O)OC(C)(C)C)c2)n1. The molecule has 3 aromatic carbocycles. The summed E-state index contributed by atoms with van der Waals surface area (Å²) in [5.41, 5.74) is 2.82. The average molecular weight is 725 g/mol. The summed E-state index contributed by atoms with van der Waals surface area (Å²) in [4.78, 5) is 49.4. The molecule has 11 heteroatoms. The van der Waals surface area contributed by atoms with Gasteiger partial charge in [0, 0.05) is 28.7 Å². The minimum Gasteiger partial charge on any atom is -0.444 e. The molecule has 0 saturated carbocycles. The van der Waals surface area contributed by atoms with E-state index < -0.39 is 35.8 Å². The minimum atomic E-state index is -1.17. The molecule has 2 fully saturated rings. The van der Waals surface area contributed by atoms with Crippen LogP contribution in [0.5, 0.6) is 0 Å². The van der Waals surface area contributed by atoms with E-state index in [0.29, 0.717) is 37.1 Å². The predicted octanol–water partition coefficient (Wildman–Crippen LogP) is 6.73. The second-order valence-corrected chi connectivity index (χ2v) is 15.6. The second-order valence-electron chi connectivity index (χ2n) is 14.7. The molecule has 2 aliphatic rings. The highest BCUT2D eigenvalue weighted by Gasteiger charge is 2.44. The van der Waals surface area contributed by atoms with Gasteiger partial charge in [0.25, 0.3) is 11.8 Å². The number of hydrogen-bond acceptors (Lipinski definition) is 8. The summed E-state index contributed by atoms with van der Waals surface area (Å²) in [5.74, 6) is -0.576. The fourth-order valence-electron chi connectivity index (χ4n) is 6.99. The molecule has 4 aromatic rings. The Morgan fingerprint density at radius 2 is 1.65 bits per heavy atom. The molecule has 3 heterocycles. The number of amides is 3. The second kappa shape index (κ2) is 16.4. The number of thiazole rings is 1. The molecule has 0 spiro atoms. The number of carbonyl (C=O) groups excluding carboxylic acids is 3. The lowest BCUT2D eigenvalue weighted by molar-refractivity contribution is -0.00248. The van der Waals surface area contributed by atoms with Crippen molar-refractivity contribution in [1.82, 2.24) is 20.1 Å². The average Bonchev–Trinajstić information content (AvgIpc) is 3.90. The van der Waals surface area contributed by atoms with E-state index in [4.69, 9.17) is 9.47 Å². The van der Waals surface area contributed by atoms with Crippen molar-refractivity contribution >= 4 is 29.2 Å². The number of nitrogens with one attached hydrogen (secondary N) is 1. The predicted molar refractivity (Wildman–Crippen MR) is 200 cm³/mol. The Kier molecular flexibility index (Phi) is 11.7. The zero-order valence-electron chi connectivity index (χ0n) is 30.2. The van der Waals surface area contributed by atoms with Crippen LogP contribution in [0.4, 0.5) is 4.79 Å². The highest BCUT2D eigenvalue weighted by Crippen LogP contribution is 2.35. The van der Waals surface area contributed by atoms with Gasteiger partial charge in [0.15, 0.2) is 0 Å². The normalized spacial score (nSPS) is 20.1. The van der Waals surface area contributed by atoms with Gasteiger partial charge >= 0.3 is 6.09 Å². The third kappa shape index (κ3) is 9.25. The molecule has 1 unspecified atom stereocenters. The van der Waals surface area contributed by atoms with E-state index in [1.165, 1.54) is 4.90 Å². The lowest BCUT2D eigenvalue weighted by atomic mass is 9.94. The van der Waals surface area contributed by atoms with E-state index >= 15 is 0 Å². The number of carbonyl (C=O) groups is 3. The van der Waals surface area contributed by atoms with Gasteiger partial charge in [0.1, 0.15) is 10.6 Å². The molecule has 0 bridgehead atoms. The Labute approximate surface area is 309 Å². The lowest BCUT2D eigenvalue weighted by Crippen LogP contribution is -2.54. The van der Waals surface area contributed by atoms with Crippen LogP contribution in [-0.4, -0.2) is 80.8 Å². The molecule has 5 atom stereocenters. The van der Waals surface area contributed by atoms with Crippen LogP contribution in [0.3, 0.4) is 0 Å². The van der Waals surface area contributed by atoms with E-state index in [2.05, 4.69) is 10.3 Å². The zero-order valence-corrected chi connectivity index (χ0v) is 31.1. The molecule has 2 aliphatic heterocycles. The Morgan fingerprint density at radius 3 is 2.33 bits per heavy atom. The molecular formula is C41H48N4O6S. The molecule has 6 rings (SSSR count). The van der Waals surface area contributed by atoms with Gasteiger partial charge in [-0.2, -0.15) is 0 Å². The van der Waals surface area contributed by atoms with Crippen molar-refractivity contribution in [2.24, 2.45) is 0 Å². The van der Waals surface area contributed by atoms with Crippen LogP contribution in [0.25, 0.3) is 0 Å². The van der Waals surface area contributed by atoms with Gasteiger partial charge in [0.05, 0.1) is 43.5 Å². The number of nitrogens with zero attached hydrogens (tertiary/aromatic N) is 3. The topological polar surface area (TPSA) is 121 Å². The number of aliphatic hydroxyl groups is 1. The van der Waals surface area contributed by atoms with Crippen LogP contribution in [0.2, 0.25) is 0 Å². The number of rotatable bonds is 11. The molecule has 1 aromatic heterocycles. The largest absolute Gasteiger partial charge is 0.444 e. The number of likely N-dealkylation sites (tertiary alicyclic amines) is 2. The smallest absolute Gasteiger partial charge is 0.410 e. The third-order valence-electron chi connectivity index (χ3n) is 9.49. The molecule has 10 nitrogen and oxygen atoms in total. The molecule has 2 saturated heterocycles. The van der Waals surface area contributed by atoms with Crippen LogP contribution >= 0.6 is 11.3 Å². The first-order valence-corrected chi connectivity index (χ1v) is 18.8. The number of ether oxygens (including phenoxy) is 2. The van der Waals surface area contributed by atoms with Crippen molar-refractivity contribution in [3.63, 3.8) is 0 Å². The van der Waals surface area contributed by atoms with Gasteiger partial charge in [0.2, 0.25) is 0 Å². The fraction of sp³-hybridized carbons (Fsp3) is 0.415. The first-order chi connectivity index (χ1) is 24.9. The highest BCUT2D eigenvalue weighted by molar-refractivity contribution is 7.09. The van der Waals surface area contributed by atoms with Crippen molar-refractivity contribution < 1.29 is 29.0 Å². The summed E-state index contributed by atoms with van der Waals surface area (Å²) < 4.78 is 12.0. The van der Waals surface area contributed by atoms with Gasteiger partial charge in [-0.1, -0.05) is 66.7 Å². The first-order valence-electron chi connectivity index (χ1n) is 18.0. The van der Waals surface area contributed by atoms with Crippen LogP contribution in [-0.2, 0) is 22.5 Å². The van der Waals surface area contributed by atoms with Crippen molar-refractivity contribution in [2.45, 2.75) is 95.9 Å². The van der Waals surface area contributed by atoms with Gasteiger partial charge in [-0.05, 0) is 82.7 Å². The first kappa shape index (κ1) is 37.2. The van der Waals surface area contributed by atoms with Gasteiger partial charge in [-0.25, -0.2) is 9.78 Å². The summed E-state index contributed by atoms with van der Waals surface area (Å²) in [7, 11) is 0. The third-order valence-corrected chi connectivity index (χ3v) is 10.6. The van der Waals surface area contributed by atoms with Crippen molar-refractivity contribution in [1.29, 1.82) is 0 Å². The summed E-state index contributed by atoms with van der Waals surface area (Å²) in [5, 5.41) is 18.1. The van der Waals surface area contributed by atoms with Crippen LogP contribution in [0, 0.1) is 6.92 Å². The summed E-state index contributed by atoms with van der Waals surface area (Å²) in [6, 6.07) is 24.5. The van der Waals surface area contributed by atoms with Gasteiger partial charge in [-0.15, -0.1) is 11.3 Å². The minimum absolute atomic E-state index is 0.0890. The molecule has 274 valence electrons. The molecular weight excluding hydrogens is 677 g/mol. The summed E-state index contributed by atoms with van der Waals surface area (Å²) in [6.45, 7) is 8.57. The Hall–Kier alpha value is -4.58. The maximum atomic E-state index is 14.0. The van der Waals surface area contributed by atoms with E-state index in [1.54, 1.807) is 56.4 Å². The highest BCUT2D eigenvalue weighted by atomic mass is 32.1. The summed E-state index contributed by atoms with van der Waals surface area (Å²) >= 11 is 1.56. The number of aryl methyl sites for hydroxylation is 1. The molecule has 52 heavy (non-hydrogen) atoms.